The van der Waals surface area contributed by atoms with Crippen molar-refractivity contribution < 1.29 is 9.18 Å². The fourth-order valence-electron chi connectivity index (χ4n) is 2.53. The van der Waals surface area contributed by atoms with E-state index in [1.165, 1.54) is 30.6 Å². The van der Waals surface area contributed by atoms with Crippen molar-refractivity contribution in [2.45, 2.75) is 19.8 Å². The van der Waals surface area contributed by atoms with Gasteiger partial charge in [0.1, 0.15) is 23.7 Å². The zero-order valence-electron chi connectivity index (χ0n) is 14.5. The highest BCUT2D eigenvalue weighted by Gasteiger charge is 2.11. The summed E-state index contributed by atoms with van der Waals surface area (Å²) in [6.45, 7) is 4.23. The minimum Gasteiger partial charge on any atom is -0.340 e. The Balaban J connectivity index is 1.78. The number of benzene rings is 2. The van der Waals surface area contributed by atoms with Crippen LogP contribution in [-0.4, -0.2) is 15.9 Å². The van der Waals surface area contributed by atoms with Crippen LogP contribution in [0.25, 0.3) is 0 Å². The van der Waals surface area contributed by atoms with Crippen LogP contribution in [0.1, 0.15) is 35.8 Å². The van der Waals surface area contributed by atoms with E-state index in [2.05, 4.69) is 40.5 Å². The molecule has 2 aromatic carbocycles. The molecule has 1 amide bonds. The number of aromatic nitrogens is 2. The molecule has 1 aromatic heterocycles. The minimum atomic E-state index is -0.390. The number of nitrogens with zero attached hydrogens (tertiary/aromatic N) is 2. The van der Waals surface area contributed by atoms with Crippen molar-refractivity contribution in [3.05, 3.63) is 78.0 Å². The van der Waals surface area contributed by atoms with E-state index in [0.717, 1.165) is 11.3 Å². The van der Waals surface area contributed by atoms with Crippen molar-refractivity contribution in [2.24, 2.45) is 0 Å². The normalized spacial score (nSPS) is 10.6. The summed E-state index contributed by atoms with van der Waals surface area (Å²) in [4.78, 5) is 20.6. The van der Waals surface area contributed by atoms with E-state index >= 15 is 0 Å². The number of nitrogens with one attached hydrogen (secondary N) is 2. The fourth-order valence-corrected chi connectivity index (χ4v) is 2.53. The van der Waals surface area contributed by atoms with E-state index in [4.69, 9.17) is 0 Å². The molecular weight excluding hydrogens is 331 g/mol. The van der Waals surface area contributed by atoms with Crippen LogP contribution in [0.2, 0.25) is 0 Å². The number of para-hydroxylation sites is 1. The van der Waals surface area contributed by atoms with Gasteiger partial charge < -0.3 is 10.6 Å². The van der Waals surface area contributed by atoms with E-state index < -0.39 is 0 Å². The molecule has 0 saturated heterocycles. The standard InChI is InChI=1S/C20H19FN4O/c1-13(2)16-5-3-4-6-17(16)25-19-11-18(22-12-23-19)20(26)24-15-9-7-14(21)8-10-15/h3-13H,1-2H3,(H,24,26)(H,22,23,25). The molecule has 0 aliphatic carbocycles. The molecule has 26 heavy (non-hydrogen) atoms. The monoisotopic (exact) mass is 350 g/mol. The number of carbonyl (C=O) groups is 1. The summed E-state index contributed by atoms with van der Waals surface area (Å²) >= 11 is 0. The molecule has 0 unspecified atom stereocenters. The first-order chi connectivity index (χ1) is 12.5. The maximum absolute atomic E-state index is 13.0. The second kappa shape index (κ2) is 7.74. The Hall–Kier alpha value is -3.28. The van der Waals surface area contributed by atoms with Crippen LogP contribution in [0.5, 0.6) is 0 Å². The maximum Gasteiger partial charge on any atom is 0.274 e. The van der Waals surface area contributed by atoms with Crippen LogP contribution in [0, 0.1) is 5.82 Å². The van der Waals surface area contributed by atoms with Gasteiger partial charge in [-0.05, 0) is 41.8 Å². The van der Waals surface area contributed by atoms with Gasteiger partial charge in [-0.1, -0.05) is 32.0 Å². The average Bonchev–Trinajstić information content (AvgIpc) is 2.64. The highest BCUT2D eigenvalue weighted by molar-refractivity contribution is 6.03. The summed E-state index contributed by atoms with van der Waals surface area (Å²) in [5, 5.41) is 5.92. The number of carbonyl (C=O) groups excluding carboxylic acids is 1. The molecule has 132 valence electrons. The lowest BCUT2D eigenvalue weighted by molar-refractivity contribution is 0.102. The Labute approximate surface area is 151 Å². The summed E-state index contributed by atoms with van der Waals surface area (Å²) < 4.78 is 13.0. The zero-order chi connectivity index (χ0) is 18.5. The Morgan fingerprint density at radius 3 is 2.50 bits per heavy atom. The molecule has 0 bridgehead atoms. The number of rotatable bonds is 5. The number of anilines is 3. The van der Waals surface area contributed by atoms with Crippen LogP contribution in [0.3, 0.4) is 0 Å². The molecule has 3 rings (SSSR count). The molecule has 3 aromatic rings. The Morgan fingerprint density at radius 1 is 1.04 bits per heavy atom. The first-order valence-electron chi connectivity index (χ1n) is 8.28. The van der Waals surface area contributed by atoms with Gasteiger partial charge in [0.05, 0.1) is 0 Å². The van der Waals surface area contributed by atoms with E-state index in [1.807, 2.05) is 18.2 Å². The van der Waals surface area contributed by atoms with E-state index in [0.29, 0.717) is 17.4 Å². The number of halogens is 1. The molecule has 5 nitrogen and oxygen atoms in total. The van der Waals surface area contributed by atoms with Gasteiger partial charge >= 0.3 is 0 Å². The van der Waals surface area contributed by atoms with E-state index in [-0.39, 0.29) is 17.4 Å². The maximum atomic E-state index is 13.0. The minimum absolute atomic E-state index is 0.217. The molecule has 0 radical (unpaired) electrons. The summed E-state index contributed by atoms with van der Waals surface area (Å²) in [7, 11) is 0. The number of hydrogen-bond donors (Lipinski definition) is 2. The molecule has 6 heteroatoms. The SMILES string of the molecule is CC(C)c1ccccc1Nc1cc(C(=O)Nc2ccc(F)cc2)ncn1. The quantitative estimate of drug-likeness (QED) is 0.698. The third-order valence-corrected chi connectivity index (χ3v) is 3.85. The average molecular weight is 350 g/mol. The van der Waals surface area contributed by atoms with E-state index in [1.54, 1.807) is 6.07 Å². The molecule has 0 atom stereocenters. The highest BCUT2D eigenvalue weighted by Crippen LogP contribution is 2.26. The van der Waals surface area contributed by atoms with Crippen molar-refractivity contribution in [2.75, 3.05) is 10.6 Å². The van der Waals surface area contributed by atoms with Crippen LogP contribution >= 0.6 is 0 Å². The first-order valence-corrected chi connectivity index (χ1v) is 8.28. The van der Waals surface area contributed by atoms with Gasteiger partial charge in [0.25, 0.3) is 5.91 Å². The lowest BCUT2D eigenvalue weighted by Gasteiger charge is -2.14. The lowest BCUT2D eigenvalue weighted by Crippen LogP contribution is -2.14. The summed E-state index contributed by atoms with van der Waals surface area (Å²) in [6, 6.07) is 15.1. The van der Waals surface area contributed by atoms with Gasteiger partial charge in [-0.2, -0.15) is 0 Å². The molecule has 2 N–H and O–H groups in total. The molecule has 1 heterocycles. The largest absolute Gasteiger partial charge is 0.340 e. The van der Waals surface area contributed by atoms with Crippen LogP contribution in [0.4, 0.5) is 21.6 Å². The second-order valence-electron chi connectivity index (χ2n) is 6.12. The first kappa shape index (κ1) is 17.5. The van der Waals surface area contributed by atoms with Crippen LogP contribution < -0.4 is 10.6 Å². The van der Waals surface area contributed by atoms with Crippen molar-refractivity contribution in [3.8, 4) is 0 Å². The van der Waals surface area contributed by atoms with Gasteiger partial charge in [-0.15, -0.1) is 0 Å². The number of hydrogen-bond acceptors (Lipinski definition) is 4. The van der Waals surface area contributed by atoms with Gasteiger partial charge in [-0.25, -0.2) is 14.4 Å². The second-order valence-corrected chi connectivity index (χ2v) is 6.12. The zero-order valence-corrected chi connectivity index (χ0v) is 14.5. The Morgan fingerprint density at radius 2 is 1.77 bits per heavy atom. The molecule has 0 fully saturated rings. The predicted molar refractivity (Wildman–Crippen MR) is 100 cm³/mol. The molecule has 0 saturated carbocycles. The summed E-state index contributed by atoms with van der Waals surface area (Å²) in [5.41, 5.74) is 2.80. The molecule has 0 aliphatic rings. The van der Waals surface area contributed by atoms with Crippen molar-refractivity contribution in [1.82, 2.24) is 9.97 Å². The molecule has 0 aliphatic heterocycles. The van der Waals surface area contributed by atoms with Crippen molar-refractivity contribution in [3.63, 3.8) is 0 Å². The third kappa shape index (κ3) is 4.22. The fraction of sp³-hybridized carbons (Fsp3) is 0.150. The molecular formula is C20H19FN4O. The van der Waals surface area contributed by atoms with Gasteiger partial charge in [0.15, 0.2) is 0 Å². The van der Waals surface area contributed by atoms with Gasteiger partial charge in [0.2, 0.25) is 0 Å². The Kier molecular flexibility index (Phi) is 5.22. The topological polar surface area (TPSA) is 66.9 Å². The van der Waals surface area contributed by atoms with Gasteiger partial charge in [0, 0.05) is 17.4 Å². The van der Waals surface area contributed by atoms with E-state index in [9.17, 15) is 9.18 Å². The van der Waals surface area contributed by atoms with Crippen molar-refractivity contribution in [1.29, 1.82) is 0 Å². The third-order valence-electron chi connectivity index (χ3n) is 3.85. The molecule has 0 spiro atoms. The predicted octanol–water partition coefficient (Wildman–Crippen LogP) is 4.74. The lowest BCUT2D eigenvalue weighted by atomic mass is 10.0. The van der Waals surface area contributed by atoms with Crippen LogP contribution in [-0.2, 0) is 0 Å². The highest BCUT2D eigenvalue weighted by atomic mass is 19.1. The Bertz CT molecular complexity index is 910. The van der Waals surface area contributed by atoms with Gasteiger partial charge in [-0.3, -0.25) is 4.79 Å². The van der Waals surface area contributed by atoms with Crippen molar-refractivity contribution >= 4 is 23.1 Å². The number of amides is 1. The summed E-state index contributed by atoms with van der Waals surface area (Å²) in [6.07, 6.45) is 1.33. The summed E-state index contributed by atoms with van der Waals surface area (Å²) in [5.74, 6) is 0.124. The van der Waals surface area contributed by atoms with Crippen LogP contribution in [0.15, 0.2) is 60.9 Å². The smallest absolute Gasteiger partial charge is 0.274 e.